The molecule has 0 saturated heterocycles. The molecular formula is C11H17NOS. The molecule has 0 fully saturated rings. The van der Waals surface area contributed by atoms with Gasteiger partial charge in [-0.05, 0) is 17.7 Å². The van der Waals surface area contributed by atoms with Crippen LogP contribution in [0.4, 0.5) is 0 Å². The summed E-state index contributed by atoms with van der Waals surface area (Å²) in [6.07, 6.45) is 0. The van der Waals surface area contributed by atoms with Gasteiger partial charge in [0, 0.05) is 17.5 Å². The van der Waals surface area contributed by atoms with Crippen molar-refractivity contribution in [3.8, 4) is 5.75 Å². The lowest BCUT2D eigenvalue weighted by Crippen LogP contribution is -2.12. The van der Waals surface area contributed by atoms with Gasteiger partial charge in [0.1, 0.15) is 5.75 Å². The Hall–Kier alpha value is -0.670. The smallest absolute Gasteiger partial charge is 0.118 e. The predicted molar refractivity (Wildman–Crippen MR) is 62.8 cm³/mol. The summed E-state index contributed by atoms with van der Waals surface area (Å²) in [5, 5.41) is 0.525. The molecule has 3 heteroatoms. The van der Waals surface area contributed by atoms with Gasteiger partial charge in [-0.25, -0.2) is 0 Å². The summed E-state index contributed by atoms with van der Waals surface area (Å²) in [7, 11) is 1.68. The molecule has 2 N–H and O–H groups in total. The van der Waals surface area contributed by atoms with Crippen LogP contribution in [0.3, 0.4) is 0 Å². The molecule has 0 aliphatic carbocycles. The Kier molecular flexibility index (Phi) is 4.84. The van der Waals surface area contributed by atoms with Gasteiger partial charge in [-0.3, -0.25) is 0 Å². The minimum absolute atomic E-state index is 0.525. The van der Waals surface area contributed by atoms with Gasteiger partial charge in [-0.2, -0.15) is 11.8 Å². The molecule has 14 heavy (non-hydrogen) atoms. The highest BCUT2D eigenvalue weighted by molar-refractivity contribution is 7.99. The molecule has 0 aliphatic rings. The fraction of sp³-hybridized carbons (Fsp3) is 0.455. The van der Waals surface area contributed by atoms with E-state index in [1.54, 1.807) is 7.11 Å². The Labute approximate surface area is 89.8 Å². The van der Waals surface area contributed by atoms with Gasteiger partial charge in [0.15, 0.2) is 0 Å². The Bertz CT molecular complexity index is 260. The Morgan fingerprint density at radius 2 is 2.00 bits per heavy atom. The van der Waals surface area contributed by atoms with E-state index in [0.717, 1.165) is 18.0 Å². The van der Waals surface area contributed by atoms with Crippen molar-refractivity contribution < 1.29 is 4.74 Å². The zero-order valence-electron chi connectivity index (χ0n) is 8.69. The van der Waals surface area contributed by atoms with E-state index in [9.17, 15) is 0 Å². The molecule has 0 radical (unpaired) electrons. The van der Waals surface area contributed by atoms with E-state index in [1.165, 1.54) is 5.56 Å². The molecule has 0 saturated carbocycles. The van der Waals surface area contributed by atoms with Crippen molar-refractivity contribution in [1.29, 1.82) is 0 Å². The second-order valence-electron chi connectivity index (χ2n) is 3.21. The molecule has 0 aromatic heterocycles. The molecule has 1 aromatic carbocycles. The first-order valence-corrected chi connectivity index (χ1v) is 5.75. The Balaban J connectivity index is 2.43. The van der Waals surface area contributed by atoms with Gasteiger partial charge in [-0.15, -0.1) is 0 Å². The molecular weight excluding hydrogens is 194 g/mol. The SMILES string of the molecule is COc1ccc(CSC(C)CN)cc1. The van der Waals surface area contributed by atoms with Crippen LogP contribution >= 0.6 is 11.8 Å². The molecule has 1 atom stereocenters. The highest BCUT2D eigenvalue weighted by Gasteiger charge is 2.00. The van der Waals surface area contributed by atoms with Crippen LogP contribution in [0.2, 0.25) is 0 Å². The number of rotatable bonds is 5. The number of thioether (sulfide) groups is 1. The maximum Gasteiger partial charge on any atom is 0.118 e. The number of methoxy groups -OCH3 is 1. The van der Waals surface area contributed by atoms with Crippen molar-refractivity contribution in [1.82, 2.24) is 0 Å². The van der Waals surface area contributed by atoms with Crippen molar-refractivity contribution in [2.45, 2.75) is 17.9 Å². The lowest BCUT2D eigenvalue weighted by atomic mass is 10.2. The number of hydrogen-bond donors (Lipinski definition) is 1. The van der Waals surface area contributed by atoms with E-state index in [2.05, 4.69) is 19.1 Å². The zero-order valence-corrected chi connectivity index (χ0v) is 9.51. The van der Waals surface area contributed by atoms with Crippen LogP contribution in [-0.4, -0.2) is 18.9 Å². The molecule has 0 amide bonds. The summed E-state index contributed by atoms with van der Waals surface area (Å²) in [5.74, 6) is 1.92. The summed E-state index contributed by atoms with van der Waals surface area (Å²) in [6, 6.07) is 8.16. The van der Waals surface area contributed by atoms with Crippen LogP contribution in [-0.2, 0) is 5.75 Å². The Morgan fingerprint density at radius 3 is 2.50 bits per heavy atom. The van der Waals surface area contributed by atoms with Crippen molar-refractivity contribution in [3.05, 3.63) is 29.8 Å². The number of nitrogens with two attached hydrogens (primary N) is 1. The van der Waals surface area contributed by atoms with Gasteiger partial charge in [0.25, 0.3) is 0 Å². The second kappa shape index (κ2) is 5.94. The van der Waals surface area contributed by atoms with Crippen molar-refractivity contribution in [2.75, 3.05) is 13.7 Å². The molecule has 1 rings (SSSR count). The monoisotopic (exact) mass is 211 g/mol. The molecule has 0 heterocycles. The fourth-order valence-corrected chi connectivity index (χ4v) is 1.83. The minimum Gasteiger partial charge on any atom is -0.497 e. The maximum atomic E-state index is 5.54. The van der Waals surface area contributed by atoms with Gasteiger partial charge in [0.05, 0.1) is 7.11 Å². The highest BCUT2D eigenvalue weighted by atomic mass is 32.2. The van der Waals surface area contributed by atoms with Gasteiger partial charge < -0.3 is 10.5 Å². The molecule has 2 nitrogen and oxygen atoms in total. The number of benzene rings is 1. The highest BCUT2D eigenvalue weighted by Crippen LogP contribution is 2.19. The summed E-state index contributed by atoms with van der Waals surface area (Å²) in [6.45, 7) is 2.88. The first kappa shape index (κ1) is 11.4. The van der Waals surface area contributed by atoms with E-state index in [4.69, 9.17) is 10.5 Å². The lowest BCUT2D eigenvalue weighted by Gasteiger charge is -2.08. The van der Waals surface area contributed by atoms with E-state index in [-0.39, 0.29) is 0 Å². The molecule has 1 aromatic rings. The van der Waals surface area contributed by atoms with Crippen LogP contribution in [0, 0.1) is 0 Å². The maximum absolute atomic E-state index is 5.54. The third kappa shape index (κ3) is 3.60. The first-order valence-electron chi connectivity index (χ1n) is 4.71. The van der Waals surface area contributed by atoms with Crippen molar-refractivity contribution >= 4 is 11.8 Å². The summed E-state index contributed by atoms with van der Waals surface area (Å²) in [4.78, 5) is 0. The normalized spacial score (nSPS) is 12.5. The van der Waals surface area contributed by atoms with Crippen molar-refractivity contribution in [3.63, 3.8) is 0 Å². The zero-order chi connectivity index (χ0) is 10.4. The lowest BCUT2D eigenvalue weighted by molar-refractivity contribution is 0.414. The van der Waals surface area contributed by atoms with Gasteiger partial charge in [-0.1, -0.05) is 19.1 Å². The van der Waals surface area contributed by atoms with Crippen LogP contribution in [0.5, 0.6) is 5.75 Å². The summed E-state index contributed by atoms with van der Waals surface area (Å²) >= 11 is 1.88. The van der Waals surface area contributed by atoms with E-state index in [1.807, 2.05) is 23.9 Å². The largest absolute Gasteiger partial charge is 0.497 e. The van der Waals surface area contributed by atoms with E-state index >= 15 is 0 Å². The summed E-state index contributed by atoms with van der Waals surface area (Å²) < 4.78 is 5.09. The molecule has 0 spiro atoms. The van der Waals surface area contributed by atoms with Crippen LogP contribution in [0.15, 0.2) is 24.3 Å². The second-order valence-corrected chi connectivity index (χ2v) is 4.63. The van der Waals surface area contributed by atoms with Crippen LogP contribution in [0.1, 0.15) is 12.5 Å². The van der Waals surface area contributed by atoms with Crippen LogP contribution in [0.25, 0.3) is 0 Å². The van der Waals surface area contributed by atoms with Crippen LogP contribution < -0.4 is 10.5 Å². The van der Waals surface area contributed by atoms with Gasteiger partial charge >= 0.3 is 0 Å². The third-order valence-corrected chi connectivity index (χ3v) is 3.29. The average molecular weight is 211 g/mol. The third-order valence-electron chi connectivity index (χ3n) is 2.03. The van der Waals surface area contributed by atoms with Crippen molar-refractivity contribution in [2.24, 2.45) is 5.73 Å². The predicted octanol–water partition coefficient (Wildman–Crippen LogP) is 2.28. The number of hydrogen-bond acceptors (Lipinski definition) is 3. The van der Waals surface area contributed by atoms with E-state index < -0.39 is 0 Å². The standard InChI is InChI=1S/C11H17NOS/c1-9(7-12)14-8-10-3-5-11(13-2)6-4-10/h3-6,9H,7-8,12H2,1-2H3. The summed E-state index contributed by atoms with van der Waals surface area (Å²) in [5.41, 5.74) is 6.86. The Morgan fingerprint density at radius 1 is 1.36 bits per heavy atom. The topological polar surface area (TPSA) is 35.2 Å². The fourth-order valence-electron chi connectivity index (χ4n) is 1.03. The quantitative estimate of drug-likeness (QED) is 0.811. The minimum atomic E-state index is 0.525. The molecule has 0 bridgehead atoms. The first-order chi connectivity index (χ1) is 6.76. The molecule has 78 valence electrons. The molecule has 0 aliphatic heterocycles. The van der Waals surface area contributed by atoms with Gasteiger partial charge in [0.2, 0.25) is 0 Å². The molecule has 1 unspecified atom stereocenters. The average Bonchev–Trinajstić information content (AvgIpc) is 2.26. The number of ether oxygens (including phenoxy) is 1. The van der Waals surface area contributed by atoms with E-state index in [0.29, 0.717) is 5.25 Å².